The summed E-state index contributed by atoms with van der Waals surface area (Å²) < 4.78 is 10.7. The largest absolute Gasteiger partial charge is 0.497 e. The quantitative estimate of drug-likeness (QED) is 0.649. The van der Waals surface area contributed by atoms with Gasteiger partial charge in [-0.05, 0) is 30.7 Å². The van der Waals surface area contributed by atoms with E-state index in [-0.39, 0.29) is 6.04 Å². The van der Waals surface area contributed by atoms with Crippen LogP contribution in [0.5, 0.6) is 11.5 Å². The van der Waals surface area contributed by atoms with Crippen molar-refractivity contribution in [3.8, 4) is 11.5 Å². The van der Waals surface area contributed by atoms with E-state index in [1.165, 1.54) is 5.56 Å². The number of nitrogens with two attached hydrogens (primary N) is 1. The summed E-state index contributed by atoms with van der Waals surface area (Å²) in [5.74, 6) is 7.29. The normalized spacial score (nSPS) is 12.0. The summed E-state index contributed by atoms with van der Waals surface area (Å²) in [6.07, 6.45) is 0. The molecular weight excluding hydrogens is 252 g/mol. The predicted octanol–water partition coefficient (Wildman–Crippen LogP) is 2.56. The summed E-state index contributed by atoms with van der Waals surface area (Å²) in [5.41, 5.74) is 6.07. The maximum Gasteiger partial charge on any atom is 0.124 e. The molecule has 0 bridgehead atoms. The number of methoxy groups -OCH3 is 2. The van der Waals surface area contributed by atoms with Crippen molar-refractivity contribution in [1.82, 2.24) is 5.43 Å². The number of benzene rings is 2. The smallest absolute Gasteiger partial charge is 0.124 e. The average molecular weight is 272 g/mol. The van der Waals surface area contributed by atoms with Crippen molar-refractivity contribution in [1.29, 1.82) is 0 Å². The van der Waals surface area contributed by atoms with Crippen LogP contribution < -0.4 is 20.7 Å². The van der Waals surface area contributed by atoms with Gasteiger partial charge >= 0.3 is 0 Å². The fraction of sp³-hybridized carbons (Fsp3) is 0.250. The highest BCUT2D eigenvalue weighted by molar-refractivity contribution is 5.46. The molecule has 0 aliphatic carbocycles. The molecule has 2 aromatic carbocycles. The minimum atomic E-state index is -0.152. The Kier molecular flexibility index (Phi) is 4.61. The maximum absolute atomic E-state index is 5.74. The summed E-state index contributed by atoms with van der Waals surface area (Å²) in [6.45, 7) is 2.06. The van der Waals surface area contributed by atoms with Crippen LogP contribution in [0, 0.1) is 6.92 Å². The standard InChI is InChI=1S/C16H20N2O2/c1-11-4-6-12(7-5-11)16(18-17)14-10-13(19-2)8-9-15(14)20-3/h4-10,16,18H,17H2,1-3H3. The van der Waals surface area contributed by atoms with E-state index < -0.39 is 0 Å². The molecule has 0 saturated heterocycles. The summed E-state index contributed by atoms with van der Waals surface area (Å²) in [5, 5.41) is 0. The Bertz CT molecular complexity index is 567. The Labute approximate surface area is 119 Å². The molecule has 0 fully saturated rings. The zero-order valence-electron chi connectivity index (χ0n) is 12.0. The minimum Gasteiger partial charge on any atom is -0.497 e. The van der Waals surface area contributed by atoms with Crippen LogP contribution in [0.1, 0.15) is 22.7 Å². The second kappa shape index (κ2) is 6.41. The second-order valence-electron chi connectivity index (χ2n) is 4.62. The lowest BCUT2D eigenvalue weighted by atomic mass is 9.97. The molecule has 3 N–H and O–H groups in total. The van der Waals surface area contributed by atoms with Crippen LogP contribution in [0.4, 0.5) is 0 Å². The summed E-state index contributed by atoms with van der Waals surface area (Å²) in [6, 6.07) is 13.8. The van der Waals surface area contributed by atoms with Gasteiger partial charge in [0.2, 0.25) is 0 Å². The molecule has 20 heavy (non-hydrogen) atoms. The van der Waals surface area contributed by atoms with E-state index in [1.54, 1.807) is 14.2 Å². The molecule has 106 valence electrons. The SMILES string of the molecule is COc1ccc(OC)c(C(NN)c2ccc(C)cc2)c1. The van der Waals surface area contributed by atoms with Crippen molar-refractivity contribution in [2.45, 2.75) is 13.0 Å². The van der Waals surface area contributed by atoms with Crippen LogP contribution in [0.15, 0.2) is 42.5 Å². The first-order valence-electron chi connectivity index (χ1n) is 6.44. The first-order valence-corrected chi connectivity index (χ1v) is 6.44. The fourth-order valence-corrected chi connectivity index (χ4v) is 2.19. The summed E-state index contributed by atoms with van der Waals surface area (Å²) >= 11 is 0. The van der Waals surface area contributed by atoms with Gasteiger partial charge in [-0.3, -0.25) is 5.84 Å². The third kappa shape index (κ3) is 2.92. The third-order valence-corrected chi connectivity index (χ3v) is 3.33. The number of hydrogen-bond donors (Lipinski definition) is 2. The molecule has 4 nitrogen and oxygen atoms in total. The van der Waals surface area contributed by atoms with Gasteiger partial charge in [-0.15, -0.1) is 0 Å². The first kappa shape index (κ1) is 14.4. The Balaban J connectivity index is 2.47. The van der Waals surface area contributed by atoms with E-state index in [4.69, 9.17) is 15.3 Å². The van der Waals surface area contributed by atoms with Crippen molar-refractivity contribution in [2.75, 3.05) is 14.2 Å². The molecule has 0 aliphatic heterocycles. The molecule has 0 radical (unpaired) electrons. The van der Waals surface area contributed by atoms with Crippen LogP contribution in [-0.4, -0.2) is 14.2 Å². The van der Waals surface area contributed by atoms with Gasteiger partial charge in [-0.2, -0.15) is 0 Å². The molecule has 2 aromatic rings. The van der Waals surface area contributed by atoms with Crippen molar-refractivity contribution >= 4 is 0 Å². The number of hydrogen-bond acceptors (Lipinski definition) is 4. The van der Waals surface area contributed by atoms with E-state index >= 15 is 0 Å². The highest BCUT2D eigenvalue weighted by Crippen LogP contribution is 2.32. The van der Waals surface area contributed by atoms with Gasteiger partial charge in [0.25, 0.3) is 0 Å². The van der Waals surface area contributed by atoms with Crippen LogP contribution in [0.2, 0.25) is 0 Å². The molecular formula is C16H20N2O2. The number of hydrazine groups is 1. The zero-order chi connectivity index (χ0) is 14.5. The van der Waals surface area contributed by atoms with E-state index in [2.05, 4.69) is 36.6 Å². The lowest BCUT2D eigenvalue weighted by Crippen LogP contribution is -2.29. The monoisotopic (exact) mass is 272 g/mol. The molecule has 1 unspecified atom stereocenters. The van der Waals surface area contributed by atoms with Crippen LogP contribution in [-0.2, 0) is 0 Å². The summed E-state index contributed by atoms with van der Waals surface area (Å²) in [4.78, 5) is 0. The topological polar surface area (TPSA) is 56.5 Å². The Hall–Kier alpha value is -2.04. The maximum atomic E-state index is 5.74. The predicted molar refractivity (Wildman–Crippen MR) is 79.9 cm³/mol. The van der Waals surface area contributed by atoms with Crippen LogP contribution >= 0.6 is 0 Å². The van der Waals surface area contributed by atoms with Crippen molar-refractivity contribution in [3.63, 3.8) is 0 Å². The summed E-state index contributed by atoms with van der Waals surface area (Å²) in [7, 11) is 3.29. The first-order chi connectivity index (χ1) is 9.69. The number of rotatable bonds is 5. The van der Waals surface area contributed by atoms with Gasteiger partial charge in [-0.25, -0.2) is 5.43 Å². The van der Waals surface area contributed by atoms with Crippen molar-refractivity contribution < 1.29 is 9.47 Å². The highest BCUT2D eigenvalue weighted by Gasteiger charge is 2.17. The number of aryl methyl sites for hydroxylation is 1. The molecule has 0 aromatic heterocycles. The Morgan fingerprint density at radius 3 is 2.25 bits per heavy atom. The van der Waals surface area contributed by atoms with Crippen molar-refractivity contribution in [3.05, 3.63) is 59.2 Å². The molecule has 4 heteroatoms. The van der Waals surface area contributed by atoms with Crippen LogP contribution in [0.25, 0.3) is 0 Å². The van der Waals surface area contributed by atoms with Gasteiger partial charge in [0.15, 0.2) is 0 Å². The average Bonchev–Trinajstić information content (AvgIpc) is 2.49. The van der Waals surface area contributed by atoms with Gasteiger partial charge in [0, 0.05) is 5.56 Å². The second-order valence-corrected chi connectivity index (χ2v) is 4.62. The molecule has 0 saturated carbocycles. The van der Waals surface area contributed by atoms with Crippen molar-refractivity contribution in [2.24, 2.45) is 5.84 Å². The lowest BCUT2D eigenvalue weighted by Gasteiger charge is -2.20. The molecule has 0 spiro atoms. The molecule has 2 rings (SSSR count). The Morgan fingerprint density at radius 2 is 1.70 bits per heavy atom. The van der Waals surface area contributed by atoms with Gasteiger partial charge in [-0.1, -0.05) is 29.8 Å². The van der Waals surface area contributed by atoms with E-state index in [1.807, 2.05) is 18.2 Å². The van der Waals surface area contributed by atoms with E-state index in [9.17, 15) is 0 Å². The molecule has 0 amide bonds. The zero-order valence-corrected chi connectivity index (χ0v) is 12.0. The van der Waals surface area contributed by atoms with Gasteiger partial charge in [0.1, 0.15) is 11.5 Å². The van der Waals surface area contributed by atoms with E-state index in [0.717, 1.165) is 22.6 Å². The highest BCUT2D eigenvalue weighted by atomic mass is 16.5. The molecule has 0 aliphatic rings. The molecule has 0 heterocycles. The number of ether oxygens (including phenoxy) is 2. The Morgan fingerprint density at radius 1 is 1.00 bits per heavy atom. The third-order valence-electron chi connectivity index (χ3n) is 3.33. The minimum absolute atomic E-state index is 0.152. The fourth-order valence-electron chi connectivity index (χ4n) is 2.19. The van der Waals surface area contributed by atoms with Crippen LogP contribution in [0.3, 0.4) is 0 Å². The molecule has 1 atom stereocenters. The lowest BCUT2D eigenvalue weighted by molar-refractivity contribution is 0.394. The van der Waals surface area contributed by atoms with Gasteiger partial charge < -0.3 is 9.47 Å². The van der Waals surface area contributed by atoms with E-state index in [0.29, 0.717) is 0 Å². The number of nitrogens with one attached hydrogen (secondary N) is 1. The van der Waals surface area contributed by atoms with Gasteiger partial charge in [0.05, 0.1) is 20.3 Å².